The van der Waals surface area contributed by atoms with Crippen LogP contribution in [-0.4, -0.2) is 41.9 Å². The Bertz CT molecular complexity index is 1090. The molecule has 0 radical (unpaired) electrons. The van der Waals surface area contributed by atoms with E-state index in [4.69, 9.17) is 4.74 Å². The number of ether oxygens (including phenoxy) is 1. The van der Waals surface area contributed by atoms with E-state index in [9.17, 15) is 0 Å². The lowest BCUT2D eigenvalue weighted by Gasteiger charge is -2.10. The lowest BCUT2D eigenvalue weighted by atomic mass is 10.2. The Morgan fingerprint density at radius 3 is 2.73 bits per heavy atom. The summed E-state index contributed by atoms with van der Waals surface area (Å²) in [6, 6.07) is 9.34. The summed E-state index contributed by atoms with van der Waals surface area (Å²) >= 11 is 0. The van der Waals surface area contributed by atoms with Crippen LogP contribution in [-0.2, 0) is 0 Å². The molecule has 0 aliphatic rings. The second-order valence-electron chi connectivity index (χ2n) is 5.60. The zero-order chi connectivity index (χ0) is 18.1. The summed E-state index contributed by atoms with van der Waals surface area (Å²) in [6.45, 7) is 3.72. The number of aryl methyl sites for hydroxylation is 2. The summed E-state index contributed by atoms with van der Waals surface area (Å²) in [4.78, 5) is 13.0. The summed E-state index contributed by atoms with van der Waals surface area (Å²) < 4.78 is 7.00. The molecule has 0 fully saturated rings. The molecule has 0 aliphatic carbocycles. The lowest BCUT2D eigenvalue weighted by Crippen LogP contribution is -2.05. The van der Waals surface area contributed by atoms with Crippen LogP contribution in [0, 0.1) is 13.8 Å². The fourth-order valence-corrected chi connectivity index (χ4v) is 2.62. The highest BCUT2D eigenvalue weighted by Gasteiger charge is 2.14. The maximum absolute atomic E-state index is 5.34. The zero-order valence-electron chi connectivity index (χ0n) is 14.5. The largest absolute Gasteiger partial charge is 0.495 e. The fourth-order valence-electron chi connectivity index (χ4n) is 2.62. The van der Waals surface area contributed by atoms with Crippen LogP contribution in [0.2, 0.25) is 0 Å². The smallest absolute Gasteiger partial charge is 0.272 e. The molecule has 0 saturated carbocycles. The van der Waals surface area contributed by atoms with E-state index >= 15 is 0 Å². The van der Waals surface area contributed by atoms with Gasteiger partial charge in [-0.2, -0.15) is 9.50 Å². The van der Waals surface area contributed by atoms with Gasteiger partial charge < -0.3 is 10.1 Å². The van der Waals surface area contributed by atoms with Crippen LogP contribution in [0.1, 0.15) is 11.5 Å². The summed E-state index contributed by atoms with van der Waals surface area (Å²) in [6.07, 6.45) is 1.66. The van der Waals surface area contributed by atoms with E-state index in [0.29, 0.717) is 34.7 Å². The van der Waals surface area contributed by atoms with Crippen molar-refractivity contribution in [3.63, 3.8) is 0 Å². The number of anilines is 2. The Balaban J connectivity index is 1.73. The van der Waals surface area contributed by atoms with Crippen molar-refractivity contribution >= 4 is 17.4 Å². The molecule has 130 valence electrons. The molecule has 9 heteroatoms. The van der Waals surface area contributed by atoms with Gasteiger partial charge in [-0.1, -0.05) is 12.1 Å². The first-order valence-corrected chi connectivity index (χ1v) is 7.96. The van der Waals surface area contributed by atoms with Gasteiger partial charge in [-0.3, -0.25) is 0 Å². The van der Waals surface area contributed by atoms with Gasteiger partial charge in [0.05, 0.1) is 24.2 Å². The van der Waals surface area contributed by atoms with E-state index in [1.165, 1.54) is 0 Å². The van der Waals surface area contributed by atoms with Crippen LogP contribution in [0.4, 0.5) is 11.6 Å². The lowest BCUT2D eigenvalue weighted by molar-refractivity contribution is 0.417. The number of rotatable bonds is 4. The molecule has 0 spiro atoms. The molecule has 1 aromatic carbocycles. The van der Waals surface area contributed by atoms with Gasteiger partial charge in [0.25, 0.3) is 5.78 Å². The Morgan fingerprint density at radius 1 is 1.04 bits per heavy atom. The molecule has 0 atom stereocenters. The summed E-state index contributed by atoms with van der Waals surface area (Å²) in [5.41, 5.74) is 2.83. The normalized spacial score (nSPS) is 10.9. The standard InChI is InChI=1S/C17H16N8O/c1-10-15(22-23-17-19-11(2)24-25(10)17)13-8-9-18-16(21-13)20-12-6-4-5-7-14(12)26-3/h4-9H,1-3H3,(H,18,20,21). The van der Waals surface area contributed by atoms with Gasteiger partial charge in [0, 0.05) is 6.20 Å². The quantitative estimate of drug-likeness (QED) is 0.599. The number of para-hydroxylation sites is 2. The third-order valence-corrected chi connectivity index (χ3v) is 3.85. The number of fused-ring (bicyclic) bond motifs is 1. The molecule has 0 aliphatic heterocycles. The number of hydrogen-bond acceptors (Lipinski definition) is 8. The van der Waals surface area contributed by atoms with Crippen LogP contribution in [0.3, 0.4) is 0 Å². The van der Waals surface area contributed by atoms with Crippen molar-refractivity contribution in [1.82, 2.24) is 34.8 Å². The van der Waals surface area contributed by atoms with Crippen molar-refractivity contribution in [2.75, 3.05) is 12.4 Å². The third kappa shape index (κ3) is 2.79. The first-order valence-electron chi connectivity index (χ1n) is 7.96. The Labute approximate surface area is 149 Å². The van der Waals surface area contributed by atoms with Crippen LogP contribution in [0.25, 0.3) is 17.2 Å². The summed E-state index contributed by atoms with van der Waals surface area (Å²) in [7, 11) is 1.62. The molecule has 4 rings (SSSR count). The second kappa shape index (κ2) is 6.36. The second-order valence-corrected chi connectivity index (χ2v) is 5.60. The molecule has 0 saturated heterocycles. The molecule has 3 heterocycles. The molecule has 0 bridgehead atoms. The van der Waals surface area contributed by atoms with Crippen molar-refractivity contribution in [2.24, 2.45) is 0 Å². The van der Waals surface area contributed by atoms with Crippen LogP contribution in [0.15, 0.2) is 36.5 Å². The Hall–Kier alpha value is -3.62. The topological polar surface area (TPSA) is 103 Å². The first kappa shape index (κ1) is 15.9. The SMILES string of the molecule is COc1ccccc1Nc1nccc(-c2nnc3nc(C)nn3c2C)n1. The number of hydrogen-bond donors (Lipinski definition) is 1. The number of nitrogens with one attached hydrogen (secondary N) is 1. The zero-order valence-corrected chi connectivity index (χ0v) is 14.5. The van der Waals surface area contributed by atoms with Crippen LogP contribution < -0.4 is 10.1 Å². The maximum Gasteiger partial charge on any atom is 0.272 e. The van der Waals surface area contributed by atoms with E-state index < -0.39 is 0 Å². The van der Waals surface area contributed by atoms with E-state index in [0.717, 1.165) is 11.4 Å². The van der Waals surface area contributed by atoms with Gasteiger partial charge in [0.15, 0.2) is 0 Å². The van der Waals surface area contributed by atoms with Crippen molar-refractivity contribution in [1.29, 1.82) is 0 Å². The fraction of sp³-hybridized carbons (Fsp3) is 0.176. The molecule has 0 unspecified atom stereocenters. The first-order chi connectivity index (χ1) is 12.7. The van der Waals surface area contributed by atoms with Crippen molar-refractivity contribution in [3.05, 3.63) is 48.0 Å². The molecule has 0 amide bonds. The predicted molar refractivity (Wildman–Crippen MR) is 95.4 cm³/mol. The number of methoxy groups -OCH3 is 1. The molecular formula is C17H16N8O. The number of aromatic nitrogens is 7. The van der Waals surface area contributed by atoms with Gasteiger partial charge in [0.1, 0.15) is 17.3 Å². The highest BCUT2D eigenvalue weighted by Crippen LogP contribution is 2.26. The minimum atomic E-state index is 0.433. The molecule has 9 nitrogen and oxygen atoms in total. The third-order valence-electron chi connectivity index (χ3n) is 3.85. The van der Waals surface area contributed by atoms with Gasteiger partial charge in [-0.25, -0.2) is 9.97 Å². The highest BCUT2D eigenvalue weighted by atomic mass is 16.5. The van der Waals surface area contributed by atoms with E-state index in [-0.39, 0.29) is 0 Å². The van der Waals surface area contributed by atoms with Gasteiger partial charge in [-0.15, -0.1) is 15.3 Å². The molecule has 1 N–H and O–H groups in total. The van der Waals surface area contributed by atoms with E-state index in [2.05, 4.69) is 35.6 Å². The maximum atomic E-state index is 5.34. The van der Waals surface area contributed by atoms with E-state index in [1.807, 2.05) is 38.1 Å². The monoisotopic (exact) mass is 348 g/mol. The van der Waals surface area contributed by atoms with Crippen molar-refractivity contribution in [3.8, 4) is 17.1 Å². The Kier molecular flexibility index (Phi) is 3.88. The molecular weight excluding hydrogens is 332 g/mol. The minimum Gasteiger partial charge on any atom is -0.495 e. The summed E-state index contributed by atoms with van der Waals surface area (Å²) in [5, 5.41) is 15.9. The predicted octanol–water partition coefficient (Wildman–Crippen LogP) is 2.35. The molecule has 3 aromatic heterocycles. The van der Waals surface area contributed by atoms with E-state index in [1.54, 1.807) is 23.9 Å². The number of benzene rings is 1. The highest BCUT2D eigenvalue weighted by molar-refractivity contribution is 5.64. The molecule has 26 heavy (non-hydrogen) atoms. The van der Waals surface area contributed by atoms with Crippen molar-refractivity contribution in [2.45, 2.75) is 13.8 Å². The van der Waals surface area contributed by atoms with Gasteiger partial charge in [-0.05, 0) is 32.0 Å². The average molecular weight is 348 g/mol. The van der Waals surface area contributed by atoms with Gasteiger partial charge >= 0.3 is 0 Å². The number of nitrogens with zero attached hydrogens (tertiary/aromatic N) is 7. The van der Waals surface area contributed by atoms with Crippen molar-refractivity contribution < 1.29 is 4.74 Å². The molecule has 4 aromatic rings. The Morgan fingerprint density at radius 2 is 1.88 bits per heavy atom. The summed E-state index contributed by atoms with van der Waals surface area (Å²) in [5.74, 6) is 2.24. The average Bonchev–Trinajstić information content (AvgIpc) is 3.04. The van der Waals surface area contributed by atoms with Crippen LogP contribution in [0.5, 0.6) is 5.75 Å². The minimum absolute atomic E-state index is 0.433. The van der Waals surface area contributed by atoms with Crippen LogP contribution >= 0.6 is 0 Å². The van der Waals surface area contributed by atoms with Gasteiger partial charge in [0.2, 0.25) is 5.95 Å².